The number of nitrogens with one attached hydrogen (secondary N) is 4. The number of anilines is 3. The van der Waals surface area contributed by atoms with Gasteiger partial charge in [-0.05, 0) is 96.8 Å². The summed E-state index contributed by atoms with van der Waals surface area (Å²) >= 11 is 0. The first kappa shape index (κ1) is 55.6. The second-order valence-electron chi connectivity index (χ2n) is 22.1. The molecule has 5 atom stereocenters. The standard InChI is InChI=1S/C55H73N13O9S/c1-33-34(2)63-64-48(33)62-49-41-27-46(78(74,75)55(4,5)6)45(28-43(41)58-32-59-49)76-25-24-66-20-22-67(23-21-66)53-56-29-39(30-57-53)77-38-26-44(51(70)60-42-19-13-17-36-14-11-12-18-40(36)42)68(31-38)52(71)47(37-15-9-8-10-16-37)61-50(69)35(3)65(7)54(72)73/h11-12,14,18,27-30,32,35,37-38,42,44,47H,8-10,13,15-17,19-26,31H2,1-7H3,(H,60,70)(H,61,69)(H,72,73)(H2,58,59,62,63,64)/t35?,38-,42+,44-,47-/m0/s1. The zero-order valence-corrected chi connectivity index (χ0v) is 46.4. The number of hydrogen-bond acceptors (Lipinski definition) is 16. The number of ether oxygens (including phenoxy) is 2. The lowest BCUT2D eigenvalue weighted by Gasteiger charge is -2.36. The van der Waals surface area contributed by atoms with Gasteiger partial charge in [0.05, 0.1) is 35.2 Å². The van der Waals surface area contributed by atoms with Gasteiger partial charge in [-0.15, -0.1) is 0 Å². The Kier molecular flexibility index (Phi) is 16.7. The maximum absolute atomic E-state index is 14.9. The fraction of sp³-hybridized carbons (Fsp3) is 0.545. The van der Waals surface area contributed by atoms with Crippen molar-refractivity contribution in [3.63, 3.8) is 0 Å². The van der Waals surface area contributed by atoms with Gasteiger partial charge in [-0.25, -0.2) is 33.1 Å². The predicted octanol–water partition coefficient (Wildman–Crippen LogP) is 5.88. The molecule has 1 saturated carbocycles. The van der Waals surface area contributed by atoms with Crippen LogP contribution in [0.1, 0.15) is 107 Å². The number of sulfone groups is 1. The highest BCUT2D eigenvalue weighted by Crippen LogP contribution is 2.38. The van der Waals surface area contributed by atoms with Crippen molar-refractivity contribution in [2.45, 2.75) is 139 Å². The van der Waals surface area contributed by atoms with E-state index in [4.69, 9.17) is 9.47 Å². The number of piperazine rings is 1. The number of carboxylic acid groups (broad SMARTS) is 1. The lowest BCUT2D eigenvalue weighted by molar-refractivity contribution is -0.143. The Morgan fingerprint density at radius 3 is 2.36 bits per heavy atom. The van der Waals surface area contributed by atoms with E-state index < -0.39 is 56.7 Å². The summed E-state index contributed by atoms with van der Waals surface area (Å²) in [5, 5.41) is 26.9. The Labute approximate surface area is 455 Å². The summed E-state index contributed by atoms with van der Waals surface area (Å²) in [5.74, 6) is 0.638. The second kappa shape index (κ2) is 23.4. The fourth-order valence-corrected chi connectivity index (χ4v) is 12.2. The molecule has 2 aromatic carbocycles. The number of likely N-dealkylation sites (N-methyl/N-ethyl adjacent to an activating group) is 1. The van der Waals surface area contributed by atoms with Crippen molar-refractivity contribution in [3.05, 3.63) is 77.5 Å². The van der Waals surface area contributed by atoms with Crippen molar-refractivity contribution in [1.29, 1.82) is 0 Å². The highest BCUT2D eigenvalue weighted by atomic mass is 32.2. The Balaban J connectivity index is 0.846. The number of nitrogens with zero attached hydrogens (tertiary/aromatic N) is 9. The number of amides is 4. The molecule has 5 heterocycles. The minimum atomic E-state index is -3.87. The largest absolute Gasteiger partial charge is 0.491 e. The number of aryl methyl sites for hydroxylation is 2. The van der Waals surface area contributed by atoms with Crippen LogP contribution in [-0.4, -0.2) is 164 Å². The molecule has 0 bridgehead atoms. The number of fused-ring (bicyclic) bond motifs is 2. The molecule has 3 fully saturated rings. The third-order valence-electron chi connectivity index (χ3n) is 16.0. The van der Waals surface area contributed by atoms with Gasteiger partial charge in [-0.1, -0.05) is 43.5 Å². The smallest absolute Gasteiger partial charge is 0.407 e. The van der Waals surface area contributed by atoms with E-state index in [1.54, 1.807) is 50.2 Å². The highest BCUT2D eigenvalue weighted by molar-refractivity contribution is 7.92. The van der Waals surface area contributed by atoms with Crippen molar-refractivity contribution in [3.8, 4) is 11.5 Å². The molecule has 3 aromatic heterocycles. The number of aromatic amines is 1. The summed E-state index contributed by atoms with van der Waals surface area (Å²) in [4.78, 5) is 79.9. The van der Waals surface area contributed by atoms with E-state index in [2.05, 4.69) is 61.9 Å². The monoisotopic (exact) mass is 1090 g/mol. The quantitative estimate of drug-likeness (QED) is 0.0727. The van der Waals surface area contributed by atoms with E-state index in [0.29, 0.717) is 79.8 Å². The maximum Gasteiger partial charge on any atom is 0.407 e. The van der Waals surface area contributed by atoms with E-state index in [9.17, 15) is 32.7 Å². The molecule has 2 saturated heterocycles. The van der Waals surface area contributed by atoms with Gasteiger partial charge in [0.25, 0.3) is 0 Å². The number of rotatable bonds is 17. The van der Waals surface area contributed by atoms with Crippen LogP contribution in [0.3, 0.4) is 0 Å². The third-order valence-corrected chi connectivity index (χ3v) is 18.5. The van der Waals surface area contributed by atoms with Crippen LogP contribution in [-0.2, 0) is 30.6 Å². The zero-order chi connectivity index (χ0) is 55.5. The molecule has 2 aliphatic heterocycles. The van der Waals surface area contributed by atoms with Crippen molar-refractivity contribution in [1.82, 2.24) is 55.5 Å². The first-order valence-corrected chi connectivity index (χ1v) is 28.6. The molecule has 2 aliphatic carbocycles. The van der Waals surface area contributed by atoms with Gasteiger partial charge in [0.1, 0.15) is 53.6 Å². The molecular weight excluding hydrogens is 1020 g/mol. The van der Waals surface area contributed by atoms with Crippen LogP contribution < -0.4 is 30.3 Å². The number of likely N-dealkylation sites (tertiary alicyclic amines) is 1. The summed E-state index contributed by atoms with van der Waals surface area (Å²) < 4.78 is 39.8. The van der Waals surface area contributed by atoms with Crippen molar-refractivity contribution >= 4 is 62.1 Å². The molecule has 4 aliphatic rings. The van der Waals surface area contributed by atoms with Gasteiger partial charge < -0.3 is 40.3 Å². The predicted molar refractivity (Wildman–Crippen MR) is 293 cm³/mol. The molecule has 418 valence electrons. The van der Waals surface area contributed by atoms with Crippen LogP contribution in [0, 0.1) is 19.8 Å². The SMILES string of the molecule is Cc1[nH]nc(Nc2ncnc3cc(OCCN4CCN(c5ncc(O[C@H]6C[C@@H](C(=O)N[C@@H]7CCCc8ccccc87)N(C(=O)[C@@H](NC(=O)C(C)N(C)C(=O)O)C7CCCCC7)C6)cn5)CC4)c(S(=O)(=O)C(C)(C)C)cc23)c1C. The number of carbonyl (C=O) groups is 4. The molecule has 23 heteroatoms. The summed E-state index contributed by atoms with van der Waals surface area (Å²) in [5.41, 5.74) is 4.58. The topological polar surface area (TPSA) is 270 Å². The molecule has 9 rings (SSSR count). The Morgan fingerprint density at radius 1 is 0.936 bits per heavy atom. The van der Waals surface area contributed by atoms with Crippen LogP contribution >= 0.6 is 0 Å². The van der Waals surface area contributed by atoms with Gasteiger partial charge >= 0.3 is 6.09 Å². The lowest BCUT2D eigenvalue weighted by atomic mass is 9.83. The Morgan fingerprint density at radius 2 is 1.67 bits per heavy atom. The van der Waals surface area contributed by atoms with Crippen LogP contribution in [0.4, 0.5) is 22.4 Å². The number of aromatic nitrogens is 6. The third kappa shape index (κ3) is 12.1. The maximum atomic E-state index is 14.9. The summed E-state index contributed by atoms with van der Waals surface area (Å²) in [7, 11) is -2.55. The van der Waals surface area contributed by atoms with Gasteiger partial charge in [0.15, 0.2) is 21.4 Å². The lowest BCUT2D eigenvalue weighted by Crippen LogP contribution is -2.58. The van der Waals surface area contributed by atoms with Gasteiger partial charge in [-0.2, -0.15) is 5.10 Å². The summed E-state index contributed by atoms with van der Waals surface area (Å²) in [6.45, 7) is 13.7. The van der Waals surface area contributed by atoms with Crippen LogP contribution in [0.25, 0.3) is 10.9 Å². The van der Waals surface area contributed by atoms with Gasteiger partial charge in [0, 0.05) is 68.9 Å². The summed E-state index contributed by atoms with van der Waals surface area (Å²) in [6.07, 6.45) is 9.73. The van der Waals surface area contributed by atoms with Crippen LogP contribution in [0.2, 0.25) is 0 Å². The van der Waals surface area contributed by atoms with E-state index in [-0.39, 0.29) is 48.1 Å². The average molecular weight is 1090 g/mol. The first-order valence-electron chi connectivity index (χ1n) is 27.1. The highest BCUT2D eigenvalue weighted by Gasteiger charge is 2.46. The number of benzene rings is 2. The van der Waals surface area contributed by atoms with Crippen molar-refractivity contribution in [2.24, 2.45) is 5.92 Å². The number of H-pyrrole nitrogens is 1. The number of hydrogen-bond donors (Lipinski definition) is 5. The fourth-order valence-electron chi connectivity index (χ4n) is 10.9. The van der Waals surface area contributed by atoms with E-state index in [1.807, 2.05) is 32.0 Å². The molecule has 0 radical (unpaired) electrons. The van der Waals surface area contributed by atoms with E-state index in [0.717, 1.165) is 60.2 Å². The first-order chi connectivity index (χ1) is 37.3. The molecule has 22 nitrogen and oxygen atoms in total. The molecule has 78 heavy (non-hydrogen) atoms. The van der Waals surface area contributed by atoms with Gasteiger partial charge in [0.2, 0.25) is 23.7 Å². The van der Waals surface area contributed by atoms with Gasteiger partial charge in [-0.3, -0.25) is 29.3 Å². The molecule has 5 N–H and O–H groups in total. The van der Waals surface area contributed by atoms with Crippen LogP contribution in [0.15, 0.2) is 60.0 Å². The molecule has 0 spiro atoms. The van der Waals surface area contributed by atoms with Crippen LogP contribution in [0.5, 0.6) is 11.5 Å². The molecule has 4 amide bonds. The Hall–Kier alpha value is -7.14. The van der Waals surface area contributed by atoms with Crippen molar-refractivity contribution < 1.29 is 42.2 Å². The molecule has 5 aromatic rings. The molecule has 1 unspecified atom stereocenters. The normalized spacial score (nSPS) is 20.1. The number of carbonyl (C=O) groups excluding carboxylic acids is 3. The molecular formula is C55H73N13O9S. The Bertz CT molecular complexity index is 3100. The van der Waals surface area contributed by atoms with E-state index >= 15 is 0 Å². The zero-order valence-electron chi connectivity index (χ0n) is 45.6. The minimum Gasteiger partial charge on any atom is -0.491 e. The second-order valence-corrected chi connectivity index (χ2v) is 24.8. The summed E-state index contributed by atoms with van der Waals surface area (Å²) in [6, 6.07) is 8.18. The minimum absolute atomic E-state index is 0.0537. The van der Waals surface area contributed by atoms with Crippen molar-refractivity contribution in [2.75, 3.05) is 63.1 Å². The van der Waals surface area contributed by atoms with E-state index in [1.165, 1.54) is 25.9 Å². The average Bonchev–Trinajstić information content (AvgIpc) is 4.07.